The molecule has 5 heteroatoms. The van der Waals surface area contributed by atoms with Gasteiger partial charge in [-0.2, -0.15) is 0 Å². The van der Waals surface area contributed by atoms with E-state index < -0.39 is 0 Å². The molecule has 0 spiro atoms. The molecule has 1 aliphatic rings. The smallest absolute Gasteiger partial charge is 0.150 e. The second kappa shape index (κ2) is 5.22. The third kappa shape index (κ3) is 2.80. The molecule has 1 unspecified atom stereocenters. The van der Waals surface area contributed by atoms with Crippen molar-refractivity contribution < 1.29 is 5.11 Å². The Morgan fingerprint density at radius 1 is 1.56 bits per heavy atom. The highest BCUT2D eigenvalue weighted by molar-refractivity contribution is 7.13. The lowest BCUT2D eigenvalue weighted by Gasteiger charge is -2.13. The van der Waals surface area contributed by atoms with Crippen LogP contribution in [-0.2, 0) is 6.54 Å². The van der Waals surface area contributed by atoms with E-state index in [9.17, 15) is 5.11 Å². The minimum atomic E-state index is -0.362. The van der Waals surface area contributed by atoms with Crippen molar-refractivity contribution in [3.8, 4) is 10.7 Å². The standard InChI is InChI=1S/C13H17N3OS/c17-11(8-15-10-3-4-10)9-16-6-5-14-13(16)12-2-1-7-18-12/h1-2,5-7,10-11,15,17H,3-4,8-9H2. The molecular formula is C13H17N3OS. The number of hydrogen-bond donors (Lipinski definition) is 2. The summed E-state index contributed by atoms with van der Waals surface area (Å²) in [7, 11) is 0. The number of aliphatic hydroxyl groups excluding tert-OH is 1. The molecule has 2 aromatic rings. The largest absolute Gasteiger partial charge is 0.390 e. The fourth-order valence-electron chi connectivity index (χ4n) is 1.97. The van der Waals surface area contributed by atoms with Crippen LogP contribution in [0.15, 0.2) is 29.9 Å². The predicted octanol–water partition coefficient (Wildman–Crippen LogP) is 1.72. The Labute approximate surface area is 110 Å². The lowest BCUT2D eigenvalue weighted by atomic mass is 10.3. The quantitative estimate of drug-likeness (QED) is 0.834. The van der Waals surface area contributed by atoms with Gasteiger partial charge < -0.3 is 15.0 Å². The number of nitrogens with one attached hydrogen (secondary N) is 1. The SMILES string of the molecule is OC(CNC1CC1)Cn1ccnc1-c1cccs1. The van der Waals surface area contributed by atoms with Gasteiger partial charge in [-0.3, -0.25) is 0 Å². The molecule has 2 aromatic heterocycles. The summed E-state index contributed by atoms with van der Waals surface area (Å²) < 4.78 is 2.02. The molecule has 1 saturated carbocycles. The van der Waals surface area contributed by atoms with Crippen LogP contribution in [0.4, 0.5) is 0 Å². The van der Waals surface area contributed by atoms with Crippen LogP contribution in [0.1, 0.15) is 12.8 Å². The number of imidazole rings is 1. The number of aromatic nitrogens is 2. The van der Waals surface area contributed by atoms with E-state index in [2.05, 4.69) is 16.4 Å². The van der Waals surface area contributed by atoms with Gasteiger partial charge in [0.15, 0.2) is 0 Å². The van der Waals surface area contributed by atoms with E-state index >= 15 is 0 Å². The van der Waals surface area contributed by atoms with Gasteiger partial charge >= 0.3 is 0 Å². The molecule has 2 heterocycles. The third-order valence-electron chi connectivity index (χ3n) is 3.08. The predicted molar refractivity (Wildman–Crippen MR) is 72.6 cm³/mol. The minimum Gasteiger partial charge on any atom is -0.390 e. The van der Waals surface area contributed by atoms with Gasteiger partial charge in [0.05, 0.1) is 17.5 Å². The van der Waals surface area contributed by atoms with E-state index in [0.717, 1.165) is 10.7 Å². The topological polar surface area (TPSA) is 50.1 Å². The van der Waals surface area contributed by atoms with Crippen LogP contribution in [0.25, 0.3) is 10.7 Å². The summed E-state index contributed by atoms with van der Waals surface area (Å²) in [4.78, 5) is 5.50. The second-order valence-electron chi connectivity index (χ2n) is 4.72. The molecule has 0 aromatic carbocycles. The highest BCUT2D eigenvalue weighted by Crippen LogP contribution is 2.23. The van der Waals surface area contributed by atoms with Crippen LogP contribution in [0, 0.1) is 0 Å². The van der Waals surface area contributed by atoms with Gasteiger partial charge in [-0.1, -0.05) is 6.07 Å². The highest BCUT2D eigenvalue weighted by atomic mass is 32.1. The first-order chi connectivity index (χ1) is 8.83. The lowest BCUT2D eigenvalue weighted by molar-refractivity contribution is 0.151. The summed E-state index contributed by atoms with van der Waals surface area (Å²) in [5.41, 5.74) is 0. The Kier molecular flexibility index (Phi) is 3.45. The van der Waals surface area contributed by atoms with Crippen LogP contribution >= 0.6 is 11.3 Å². The third-order valence-corrected chi connectivity index (χ3v) is 3.95. The van der Waals surface area contributed by atoms with E-state index in [-0.39, 0.29) is 6.10 Å². The van der Waals surface area contributed by atoms with Crippen LogP contribution in [0.5, 0.6) is 0 Å². The van der Waals surface area contributed by atoms with Crippen molar-refractivity contribution in [1.29, 1.82) is 0 Å². The van der Waals surface area contributed by atoms with Crippen molar-refractivity contribution in [2.45, 2.75) is 31.5 Å². The lowest BCUT2D eigenvalue weighted by Crippen LogP contribution is -2.31. The molecule has 0 bridgehead atoms. The Morgan fingerprint density at radius 3 is 3.17 bits per heavy atom. The van der Waals surface area contributed by atoms with E-state index in [1.807, 2.05) is 22.2 Å². The Bertz CT molecular complexity index is 490. The highest BCUT2D eigenvalue weighted by Gasteiger charge is 2.21. The molecule has 18 heavy (non-hydrogen) atoms. The molecule has 0 saturated heterocycles. The van der Waals surface area contributed by atoms with Crippen LogP contribution in [0.3, 0.4) is 0 Å². The van der Waals surface area contributed by atoms with Gasteiger partial charge in [0.1, 0.15) is 5.82 Å². The normalized spacial score (nSPS) is 16.9. The van der Waals surface area contributed by atoms with Crippen molar-refractivity contribution in [3.05, 3.63) is 29.9 Å². The van der Waals surface area contributed by atoms with Crippen LogP contribution < -0.4 is 5.32 Å². The van der Waals surface area contributed by atoms with Gasteiger partial charge in [-0.05, 0) is 24.3 Å². The molecule has 4 nitrogen and oxygen atoms in total. The number of nitrogens with zero attached hydrogens (tertiary/aromatic N) is 2. The first kappa shape index (κ1) is 11.9. The van der Waals surface area contributed by atoms with Gasteiger partial charge in [0.2, 0.25) is 0 Å². The summed E-state index contributed by atoms with van der Waals surface area (Å²) in [5.74, 6) is 0.940. The van der Waals surface area contributed by atoms with E-state index in [1.165, 1.54) is 12.8 Å². The van der Waals surface area contributed by atoms with Crippen molar-refractivity contribution in [2.75, 3.05) is 6.54 Å². The average molecular weight is 263 g/mol. The van der Waals surface area contributed by atoms with Crippen LogP contribution in [-0.4, -0.2) is 33.3 Å². The Hall–Kier alpha value is -1.17. The Morgan fingerprint density at radius 2 is 2.44 bits per heavy atom. The van der Waals surface area contributed by atoms with Crippen molar-refractivity contribution in [1.82, 2.24) is 14.9 Å². The zero-order chi connectivity index (χ0) is 12.4. The minimum absolute atomic E-state index is 0.362. The summed E-state index contributed by atoms with van der Waals surface area (Å²) in [6, 6.07) is 4.71. The second-order valence-corrected chi connectivity index (χ2v) is 5.66. The summed E-state index contributed by atoms with van der Waals surface area (Å²) in [5, 5.41) is 15.4. The molecule has 1 atom stereocenters. The molecule has 96 valence electrons. The fraction of sp³-hybridized carbons (Fsp3) is 0.462. The van der Waals surface area contributed by atoms with Crippen molar-refractivity contribution >= 4 is 11.3 Å². The summed E-state index contributed by atoms with van der Waals surface area (Å²) in [6.45, 7) is 1.25. The molecular weight excluding hydrogens is 246 g/mol. The Balaban J connectivity index is 1.63. The summed E-state index contributed by atoms with van der Waals surface area (Å²) >= 11 is 1.67. The first-order valence-electron chi connectivity index (χ1n) is 6.29. The first-order valence-corrected chi connectivity index (χ1v) is 7.17. The van der Waals surface area contributed by atoms with E-state index in [0.29, 0.717) is 19.1 Å². The molecule has 2 N–H and O–H groups in total. The van der Waals surface area contributed by atoms with E-state index in [1.54, 1.807) is 17.5 Å². The number of aliphatic hydroxyl groups is 1. The maximum atomic E-state index is 10.0. The molecule has 0 radical (unpaired) electrons. The van der Waals surface area contributed by atoms with Crippen molar-refractivity contribution in [2.24, 2.45) is 0 Å². The van der Waals surface area contributed by atoms with Gasteiger partial charge in [-0.25, -0.2) is 4.98 Å². The van der Waals surface area contributed by atoms with Gasteiger partial charge in [0.25, 0.3) is 0 Å². The molecule has 1 aliphatic carbocycles. The molecule has 0 amide bonds. The van der Waals surface area contributed by atoms with Gasteiger partial charge in [0, 0.05) is 25.0 Å². The van der Waals surface area contributed by atoms with Crippen molar-refractivity contribution in [3.63, 3.8) is 0 Å². The number of thiophene rings is 1. The number of rotatable bonds is 6. The zero-order valence-electron chi connectivity index (χ0n) is 10.1. The molecule has 3 rings (SSSR count). The maximum absolute atomic E-state index is 10.0. The molecule has 0 aliphatic heterocycles. The van der Waals surface area contributed by atoms with Gasteiger partial charge in [-0.15, -0.1) is 11.3 Å². The summed E-state index contributed by atoms with van der Waals surface area (Å²) in [6.07, 6.45) is 5.85. The number of hydrogen-bond acceptors (Lipinski definition) is 4. The van der Waals surface area contributed by atoms with Crippen LogP contribution in [0.2, 0.25) is 0 Å². The maximum Gasteiger partial charge on any atom is 0.150 e. The average Bonchev–Trinajstić information content (AvgIpc) is 2.85. The monoisotopic (exact) mass is 263 g/mol. The zero-order valence-corrected chi connectivity index (χ0v) is 10.9. The fourth-order valence-corrected chi connectivity index (χ4v) is 2.71. The molecule has 1 fully saturated rings. The van der Waals surface area contributed by atoms with E-state index in [4.69, 9.17) is 0 Å².